The summed E-state index contributed by atoms with van der Waals surface area (Å²) in [5.74, 6) is 0. The molecule has 0 bridgehead atoms. The molecule has 3 nitrogen and oxygen atoms in total. The molecule has 2 heterocycles. The van der Waals surface area contributed by atoms with Crippen LogP contribution in [0.1, 0.15) is 32.1 Å². The van der Waals surface area contributed by atoms with E-state index >= 15 is 0 Å². The van der Waals surface area contributed by atoms with Crippen molar-refractivity contribution >= 4 is 28.2 Å². The van der Waals surface area contributed by atoms with Gasteiger partial charge in [0.05, 0.1) is 11.6 Å². The number of halogens is 1. The van der Waals surface area contributed by atoms with E-state index in [4.69, 9.17) is 11.6 Å². The first-order valence-electron chi connectivity index (χ1n) is 8.15. The fourth-order valence-corrected chi connectivity index (χ4v) is 4.51. The Morgan fingerprint density at radius 2 is 2.09 bits per heavy atom. The third-order valence-corrected chi connectivity index (χ3v) is 5.73. The molecule has 22 heavy (non-hydrogen) atoms. The van der Waals surface area contributed by atoms with Crippen LogP contribution in [0.15, 0.2) is 30.5 Å². The molecule has 1 aliphatic heterocycles. The van der Waals surface area contributed by atoms with Gasteiger partial charge in [0, 0.05) is 40.8 Å². The highest BCUT2D eigenvalue weighted by Gasteiger charge is 2.44. The van der Waals surface area contributed by atoms with Crippen molar-refractivity contribution in [3.05, 3.63) is 35.5 Å². The molecule has 0 radical (unpaired) electrons. The summed E-state index contributed by atoms with van der Waals surface area (Å²) in [5, 5.41) is 12.3. The van der Waals surface area contributed by atoms with Crippen LogP contribution in [0, 0.1) is 5.41 Å². The molecule has 0 unspecified atom stereocenters. The third-order valence-electron chi connectivity index (χ3n) is 5.49. The molecule has 1 saturated heterocycles. The van der Waals surface area contributed by atoms with E-state index in [1.54, 1.807) is 0 Å². The zero-order valence-electron chi connectivity index (χ0n) is 12.6. The minimum Gasteiger partial charge on any atom is -0.392 e. The Hall–Kier alpha value is -1.32. The summed E-state index contributed by atoms with van der Waals surface area (Å²) in [6, 6.07) is 8.01. The second-order valence-electron chi connectivity index (χ2n) is 6.79. The number of rotatable bonds is 1. The molecule has 1 N–H and O–H groups in total. The average Bonchev–Trinajstić information content (AvgIpc) is 2.87. The van der Waals surface area contributed by atoms with Crippen molar-refractivity contribution in [1.29, 1.82) is 0 Å². The molecule has 2 aliphatic rings. The van der Waals surface area contributed by atoms with Gasteiger partial charge in [0.25, 0.3) is 0 Å². The minimum atomic E-state index is -0.141. The van der Waals surface area contributed by atoms with E-state index in [0.717, 1.165) is 61.1 Å². The number of aromatic nitrogens is 1. The van der Waals surface area contributed by atoms with Crippen molar-refractivity contribution in [2.24, 2.45) is 5.41 Å². The largest absolute Gasteiger partial charge is 0.392 e. The lowest BCUT2D eigenvalue weighted by molar-refractivity contribution is 0.0410. The number of hydrogen-bond acceptors (Lipinski definition) is 3. The number of piperidine rings is 1. The van der Waals surface area contributed by atoms with Gasteiger partial charge in [-0.15, -0.1) is 0 Å². The van der Waals surface area contributed by atoms with Gasteiger partial charge in [0.1, 0.15) is 0 Å². The topological polar surface area (TPSA) is 36.4 Å². The van der Waals surface area contributed by atoms with Gasteiger partial charge in [-0.3, -0.25) is 4.98 Å². The second kappa shape index (κ2) is 5.39. The van der Waals surface area contributed by atoms with Crippen molar-refractivity contribution < 1.29 is 5.11 Å². The van der Waals surface area contributed by atoms with E-state index in [9.17, 15) is 5.11 Å². The van der Waals surface area contributed by atoms with Crippen LogP contribution in [0.5, 0.6) is 0 Å². The van der Waals surface area contributed by atoms with Gasteiger partial charge in [-0.25, -0.2) is 0 Å². The Kier molecular flexibility index (Phi) is 3.50. The Morgan fingerprint density at radius 1 is 1.23 bits per heavy atom. The number of aliphatic hydroxyl groups excluding tert-OH is 1. The number of anilines is 1. The molecule has 1 aromatic heterocycles. The molecular weight excluding hydrogens is 296 g/mol. The zero-order chi connectivity index (χ0) is 15.2. The summed E-state index contributed by atoms with van der Waals surface area (Å²) >= 11 is 6.09. The van der Waals surface area contributed by atoms with Gasteiger partial charge in [0.2, 0.25) is 0 Å². The predicted molar refractivity (Wildman–Crippen MR) is 90.5 cm³/mol. The highest BCUT2D eigenvalue weighted by molar-refractivity contribution is 6.31. The fraction of sp³-hybridized carbons (Fsp3) is 0.500. The molecule has 4 rings (SSSR count). The predicted octanol–water partition coefficient (Wildman–Crippen LogP) is 4.02. The number of pyridine rings is 1. The molecular formula is C18H21ClN2O. The quantitative estimate of drug-likeness (QED) is 0.863. The highest BCUT2D eigenvalue weighted by Crippen LogP contribution is 2.46. The Morgan fingerprint density at radius 3 is 2.91 bits per heavy atom. The zero-order valence-corrected chi connectivity index (χ0v) is 13.4. The summed E-state index contributed by atoms with van der Waals surface area (Å²) in [4.78, 5) is 6.88. The number of hydrogen-bond donors (Lipinski definition) is 1. The van der Waals surface area contributed by atoms with E-state index in [1.807, 2.05) is 18.3 Å². The molecule has 2 atom stereocenters. The van der Waals surface area contributed by atoms with Crippen LogP contribution < -0.4 is 4.90 Å². The standard InChI is InChI=1S/C18H21ClN2O/c19-13-4-5-14-15(11-13)20-9-6-16(14)21-10-2-8-18(12-21)7-1-3-17(18)22/h4-6,9,11,17,22H,1-3,7-8,10,12H2/t17-,18+/m1/s1. The normalized spacial score (nSPS) is 28.6. The van der Waals surface area contributed by atoms with Crippen molar-refractivity contribution in [2.45, 2.75) is 38.2 Å². The monoisotopic (exact) mass is 316 g/mol. The van der Waals surface area contributed by atoms with Crippen LogP contribution in [-0.4, -0.2) is 29.3 Å². The van der Waals surface area contributed by atoms with Gasteiger partial charge in [-0.05, 0) is 49.9 Å². The van der Waals surface area contributed by atoms with E-state index in [2.05, 4.69) is 22.0 Å². The fourth-order valence-electron chi connectivity index (χ4n) is 4.34. The number of aliphatic hydroxyl groups is 1. The van der Waals surface area contributed by atoms with E-state index in [0.29, 0.717) is 0 Å². The summed E-state index contributed by atoms with van der Waals surface area (Å²) in [7, 11) is 0. The molecule has 1 saturated carbocycles. The van der Waals surface area contributed by atoms with E-state index in [1.165, 1.54) is 5.69 Å². The first-order chi connectivity index (χ1) is 10.7. The smallest absolute Gasteiger partial charge is 0.0737 e. The first kappa shape index (κ1) is 14.3. The number of fused-ring (bicyclic) bond motifs is 1. The molecule has 1 spiro atoms. The Labute approximate surface area is 135 Å². The summed E-state index contributed by atoms with van der Waals surface area (Å²) in [6.07, 6.45) is 7.29. The van der Waals surface area contributed by atoms with Gasteiger partial charge in [-0.1, -0.05) is 18.0 Å². The van der Waals surface area contributed by atoms with Gasteiger partial charge in [-0.2, -0.15) is 0 Å². The van der Waals surface area contributed by atoms with Crippen LogP contribution in [0.2, 0.25) is 5.02 Å². The number of nitrogens with zero attached hydrogens (tertiary/aromatic N) is 2. The van der Waals surface area contributed by atoms with Crippen molar-refractivity contribution in [2.75, 3.05) is 18.0 Å². The van der Waals surface area contributed by atoms with Crippen molar-refractivity contribution in [3.8, 4) is 0 Å². The Balaban J connectivity index is 1.72. The van der Waals surface area contributed by atoms with E-state index < -0.39 is 0 Å². The maximum atomic E-state index is 10.5. The van der Waals surface area contributed by atoms with Gasteiger partial charge in [0.15, 0.2) is 0 Å². The first-order valence-corrected chi connectivity index (χ1v) is 8.53. The maximum absolute atomic E-state index is 10.5. The lowest BCUT2D eigenvalue weighted by atomic mass is 9.76. The third kappa shape index (κ3) is 2.27. The Bertz CT molecular complexity index is 705. The van der Waals surface area contributed by atoms with Crippen LogP contribution >= 0.6 is 11.6 Å². The molecule has 1 aliphatic carbocycles. The lowest BCUT2D eigenvalue weighted by Crippen LogP contribution is -2.47. The van der Waals surface area contributed by atoms with Crippen LogP contribution in [0.4, 0.5) is 5.69 Å². The maximum Gasteiger partial charge on any atom is 0.0737 e. The molecule has 116 valence electrons. The minimum absolute atomic E-state index is 0.0975. The molecule has 2 aromatic rings. The second-order valence-corrected chi connectivity index (χ2v) is 7.22. The van der Waals surface area contributed by atoms with Gasteiger partial charge < -0.3 is 10.0 Å². The summed E-state index contributed by atoms with van der Waals surface area (Å²) < 4.78 is 0. The van der Waals surface area contributed by atoms with Gasteiger partial charge >= 0.3 is 0 Å². The summed E-state index contributed by atoms with van der Waals surface area (Å²) in [6.45, 7) is 2.01. The van der Waals surface area contributed by atoms with Crippen LogP contribution in [-0.2, 0) is 0 Å². The average molecular weight is 317 g/mol. The molecule has 2 fully saturated rings. The number of benzene rings is 1. The van der Waals surface area contributed by atoms with E-state index in [-0.39, 0.29) is 11.5 Å². The highest BCUT2D eigenvalue weighted by atomic mass is 35.5. The molecule has 1 aromatic carbocycles. The molecule has 4 heteroatoms. The molecule has 0 amide bonds. The SMILES string of the molecule is O[C@@H]1CCC[C@@]12CCCN(c1ccnc3cc(Cl)ccc13)C2. The van der Waals surface area contributed by atoms with Crippen LogP contribution in [0.25, 0.3) is 10.9 Å². The lowest BCUT2D eigenvalue weighted by Gasteiger charge is -2.44. The summed E-state index contributed by atoms with van der Waals surface area (Å²) in [5.41, 5.74) is 2.26. The van der Waals surface area contributed by atoms with Crippen molar-refractivity contribution in [3.63, 3.8) is 0 Å². The van der Waals surface area contributed by atoms with Crippen LogP contribution in [0.3, 0.4) is 0 Å². The van der Waals surface area contributed by atoms with Crippen molar-refractivity contribution in [1.82, 2.24) is 4.98 Å².